The van der Waals surface area contributed by atoms with Gasteiger partial charge in [0.05, 0.1) is 18.8 Å². The fourth-order valence-corrected chi connectivity index (χ4v) is 1.58. The van der Waals surface area contributed by atoms with E-state index in [1.165, 1.54) is 11.1 Å². The normalized spacial score (nSPS) is 12.7. The van der Waals surface area contributed by atoms with Crippen molar-refractivity contribution in [1.82, 2.24) is 15.0 Å². The number of aliphatic hydroxyl groups is 1. The van der Waals surface area contributed by atoms with Crippen LogP contribution in [-0.2, 0) is 6.54 Å². The highest BCUT2D eigenvalue weighted by atomic mass is 16.3. The third kappa shape index (κ3) is 2.46. The summed E-state index contributed by atoms with van der Waals surface area (Å²) in [4.78, 5) is 0. The summed E-state index contributed by atoms with van der Waals surface area (Å²) in [6.45, 7) is 4.43. The first kappa shape index (κ1) is 10.8. The van der Waals surface area contributed by atoms with Gasteiger partial charge in [-0.1, -0.05) is 35.0 Å². The molecule has 1 atom stereocenters. The second-order valence-corrected chi connectivity index (χ2v) is 4.01. The van der Waals surface area contributed by atoms with E-state index in [9.17, 15) is 5.11 Å². The largest absolute Gasteiger partial charge is 0.387 e. The molecule has 4 heteroatoms. The minimum atomic E-state index is -0.564. The summed E-state index contributed by atoms with van der Waals surface area (Å²) in [6, 6.07) is 8.25. The highest BCUT2D eigenvalue weighted by Crippen LogP contribution is 2.09. The smallest absolute Gasteiger partial charge is 0.111 e. The molecule has 4 nitrogen and oxygen atoms in total. The van der Waals surface area contributed by atoms with Crippen LogP contribution in [0.15, 0.2) is 30.5 Å². The minimum Gasteiger partial charge on any atom is -0.387 e. The van der Waals surface area contributed by atoms with Crippen molar-refractivity contribution in [3.05, 3.63) is 47.3 Å². The molecule has 16 heavy (non-hydrogen) atoms. The Labute approximate surface area is 94.5 Å². The lowest BCUT2D eigenvalue weighted by molar-refractivity contribution is 0.194. The average Bonchev–Trinajstić information content (AvgIpc) is 2.66. The fourth-order valence-electron chi connectivity index (χ4n) is 1.58. The molecule has 0 aliphatic rings. The lowest BCUT2D eigenvalue weighted by Gasteiger charge is -2.01. The number of aromatic nitrogens is 3. The lowest BCUT2D eigenvalue weighted by Crippen LogP contribution is -2.00. The van der Waals surface area contributed by atoms with E-state index in [-0.39, 0.29) is 0 Å². The summed E-state index contributed by atoms with van der Waals surface area (Å²) in [5, 5.41) is 17.2. The number of hydrogen-bond acceptors (Lipinski definition) is 3. The number of rotatable bonds is 3. The third-order valence-corrected chi connectivity index (χ3v) is 2.41. The molecule has 1 unspecified atom stereocenters. The van der Waals surface area contributed by atoms with Gasteiger partial charge >= 0.3 is 0 Å². The summed E-state index contributed by atoms with van der Waals surface area (Å²) in [5.74, 6) is 0. The molecule has 0 fully saturated rings. The second-order valence-electron chi connectivity index (χ2n) is 4.01. The first-order chi connectivity index (χ1) is 7.65. The summed E-state index contributed by atoms with van der Waals surface area (Å²) in [7, 11) is 0. The SMILES string of the molecule is Cc1cccc(Cn2cc(C(C)O)nn2)c1. The van der Waals surface area contributed by atoms with Crippen LogP contribution >= 0.6 is 0 Å². The van der Waals surface area contributed by atoms with Gasteiger partial charge in [-0.05, 0) is 19.4 Å². The van der Waals surface area contributed by atoms with Gasteiger partial charge in [0.2, 0.25) is 0 Å². The Morgan fingerprint density at radius 1 is 1.44 bits per heavy atom. The van der Waals surface area contributed by atoms with E-state index < -0.39 is 6.10 Å². The van der Waals surface area contributed by atoms with Gasteiger partial charge < -0.3 is 5.11 Å². The van der Waals surface area contributed by atoms with Gasteiger partial charge in [-0.2, -0.15) is 0 Å². The first-order valence-electron chi connectivity index (χ1n) is 5.29. The van der Waals surface area contributed by atoms with Gasteiger partial charge in [-0.3, -0.25) is 0 Å². The van der Waals surface area contributed by atoms with Crippen LogP contribution in [0.2, 0.25) is 0 Å². The zero-order chi connectivity index (χ0) is 11.5. The number of benzene rings is 1. The van der Waals surface area contributed by atoms with Crippen LogP contribution < -0.4 is 0 Å². The Hall–Kier alpha value is -1.68. The number of hydrogen-bond donors (Lipinski definition) is 1. The van der Waals surface area contributed by atoms with Crippen molar-refractivity contribution in [3.63, 3.8) is 0 Å². The minimum absolute atomic E-state index is 0.564. The molecule has 0 aliphatic carbocycles. The van der Waals surface area contributed by atoms with Crippen LogP contribution in [0.5, 0.6) is 0 Å². The molecule has 0 bridgehead atoms. The molecule has 1 aromatic carbocycles. The van der Waals surface area contributed by atoms with Crippen molar-refractivity contribution in [3.8, 4) is 0 Å². The van der Waals surface area contributed by atoms with E-state index in [4.69, 9.17) is 0 Å². The third-order valence-electron chi connectivity index (χ3n) is 2.41. The van der Waals surface area contributed by atoms with E-state index in [0.717, 1.165) is 0 Å². The number of aryl methyl sites for hydroxylation is 1. The highest BCUT2D eigenvalue weighted by Gasteiger charge is 2.06. The second kappa shape index (κ2) is 4.45. The van der Waals surface area contributed by atoms with Crippen molar-refractivity contribution in [1.29, 1.82) is 0 Å². The lowest BCUT2D eigenvalue weighted by atomic mass is 10.1. The molecule has 2 rings (SSSR count). The summed E-state index contributed by atoms with van der Waals surface area (Å²) in [5.41, 5.74) is 3.02. The van der Waals surface area contributed by atoms with Crippen LogP contribution in [-0.4, -0.2) is 20.1 Å². The van der Waals surface area contributed by atoms with Gasteiger partial charge in [0.15, 0.2) is 0 Å². The molecule has 2 aromatic rings. The Morgan fingerprint density at radius 3 is 2.88 bits per heavy atom. The number of nitrogens with zero attached hydrogens (tertiary/aromatic N) is 3. The van der Waals surface area contributed by atoms with Crippen molar-refractivity contribution in [2.75, 3.05) is 0 Å². The van der Waals surface area contributed by atoms with Crippen molar-refractivity contribution in [2.45, 2.75) is 26.5 Å². The van der Waals surface area contributed by atoms with Crippen LogP contribution in [0.4, 0.5) is 0 Å². The maximum atomic E-state index is 9.33. The topological polar surface area (TPSA) is 50.9 Å². The number of aliphatic hydroxyl groups excluding tert-OH is 1. The molecule has 0 saturated carbocycles. The van der Waals surface area contributed by atoms with Crippen LogP contribution in [0.3, 0.4) is 0 Å². The average molecular weight is 217 g/mol. The van der Waals surface area contributed by atoms with E-state index in [1.54, 1.807) is 17.8 Å². The van der Waals surface area contributed by atoms with Crippen LogP contribution in [0.1, 0.15) is 29.8 Å². The van der Waals surface area contributed by atoms with Crippen molar-refractivity contribution < 1.29 is 5.11 Å². The Morgan fingerprint density at radius 2 is 2.25 bits per heavy atom. The Balaban J connectivity index is 2.14. The molecule has 1 heterocycles. The first-order valence-corrected chi connectivity index (χ1v) is 5.29. The molecule has 0 amide bonds. The van der Waals surface area contributed by atoms with Gasteiger partial charge in [0, 0.05) is 0 Å². The fraction of sp³-hybridized carbons (Fsp3) is 0.333. The predicted octanol–water partition coefficient (Wildman–Crippen LogP) is 1.69. The Kier molecular flexibility index (Phi) is 3.01. The maximum Gasteiger partial charge on any atom is 0.111 e. The zero-order valence-corrected chi connectivity index (χ0v) is 9.46. The van der Waals surface area contributed by atoms with E-state index >= 15 is 0 Å². The molecular weight excluding hydrogens is 202 g/mol. The highest BCUT2D eigenvalue weighted by molar-refractivity contribution is 5.22. The van der Waals surface area contributed by atoms with E-state index in [1.807, 2.05) is 6.07 Å². The molecule has 0 spiro atoms. The zero-order valence-electron chi connectivity index (χ0n) is 9.46. The predicted molar refractivity (Wildman–Crippen MR) is 60.9 cm³/mol. The summed E-state index contributed by atoms with van der Waals surface area (Å²) < 4.78 is 1.73. The molecule has 0 saturated heterocycles. The molecule has 1 N–H and O–H groups in total. The van der Waals surface area contributed by atoms with E-state index in [0.29, 0.717) is 12.2 Å². The summed E-state index contributed by atoms with van der Waals surface area (Å²) >= 11 is 0. The van der Waals surface area contributed by atoms with E-state index in [2.05, 4.69) is 35.4 Å². The quantitative estimate of drug-likeness (QED) is 0.851. The Bertz CT molecular complexity index is 477. The molecule has 0 aliphatic heterocycles. The molecule has 0 radical (unpaired) electrons. The summed E-state index contributed by atoms with van der Waals surface area (Å²) in [6.07, 6.45) is 1.21. The van der Waals surface area contributed by atoms with Crippen molar-refractivity contribution in [2.24, 2.45) is 0 Å². The molecule has 1 aromatic heterocycles. The monoisotopic (exact) mass is 217 g/mol. The van der Waals surface area contributed by atoms with Crippen LogP contribution in [0, 0.1) is 6.92 Å². The van der Waals surface area contributed by atoms with Crippen molar-refractivity contribution >= 4 is 0 Å². The maximum absolute atomic E-state index is 9.33. The standard InChI is InChI=1S/C12H15N3O/c1-9-4-3-5-11(6-9)7-15-8-12(10(2)16)13-14-15/h3-6,8,10,16H,7H2,1-2H3. The van der Waals surface area contributed by atoms with Gasteiger partial charge in [0.25, 0.3) is 0 Å². The van der Waals surface area contributed by atoms with Gasteiger partial charge in [-0.15, -0.1) is 5.10 Å². The van der Waals surface area contributed by atoms with Crippen LogP contribution in [0.25, 0.3) is 0 Å². The van der Waals surface area contributed by atoms with Gasteiger partial charge in [0.1, 0.15) is 5.69 Å². The van der Waals surface area contributed by atoms with Gasteiger partial charge in [-0.25, -0.2) is 4.68 Å². The molecule has 84 valence electrons. The molecular formula is C12H15N3O.